The van der Waals surface area contributed by atoms with Crippen molar-refractivity contribution in [3.05, 3.63) is 46.2 Å². The zero-order chi connectivity index (χ0) is 18.8. The number of nitrogens with zero attached hydrogens (tertiary/aromatic N) is 4. The van der Waals surface area contributed by atoms with Gasteiger partial charge < -0.3 is 0 Å². The molecule has 0 amide bonds. The minimum atomic E-state index is 0.952. The van der Waals surface area contributed by atoms with Crippen LogP contribution in [0.5, 0.6) is 0 Å². The molecular weight excluding hydrogens is 425 g/mol. The third-order valence-electron chi connectivity index (χ3n) is 4.86. The van der Waals surface area contributed by atoms with Gasteiger partial charge in [-0.2, -0.15) is 17.5 Å². The third kappa shape index (κ3) is 2.39. The Balaban J connectivity index is 1.77. The summed E-state index contributed by atoms with van der Waals surface area (Å²) in [5.41, 5.74) is 8.62. The molecule has 136 valence electrons. The Morgan fingerprint density at radius 2 is 1.00 bits per heavy atom. The average Bonchev–Trinajstić information content (AvgIpc) is 3.47. The molecule has 4 aromatic heterocycles. The van der Waals surface area contributed by atoms with E-state index in [1.165, 1.54) is 44.3 Å². The van der Waals surface area contributed by atoms with E-state index in [2.05, 4.69) is 66.4 Å². The number of thiophene rings is 2. The van der Waals surface area contributed by atoms with Gasteiger partial charge in [-0.05, 0) is 60.0 Å². The Labute approximate surface area is 176 Å². The maximum Gasteiger partial charge on any atom is 0.114 e. The Bertz CT molecular complexity index is 1390. The second-order valence-corrected chi connectivity index (χ2v) is 9.72. The fourth-order valence-corrected chi connectivity index (χ4v) is 6.56. The largest absolute Gasteiger partial charge is 0.172 e. The van der Waals surface area contributed by atoms with Gasteiger partial charge in [0.25, 0.3) is 0 Å². The summed E-state index contributed by atoms with van der Waals surface area (Å²) in [4.78, 5) is 2.43. The van der Waals surface area contributed by atoms with Gasteiger partial charge >= 0.3 is 0 Å². The van der Waals surface area contributed by atoms with E-state index >= 15 is 0 Å². The monoisotopic (exact) mass is 436 g/mol. The van der Waals surface area contributed by atoms with E-state index in [-0.39, 0.29) is 0 Å². The van der Waals surface area contributed by atoms with Gasteiger partial charge in [0, 0.05) is 31.7 Å². The van der Waals surface area contributed by atoms with Crippen LogP contribution in [0, 0.1) is 13.8 Å². The van der Waals surface area contributed by atoms with Gasteiger partial charge in [-0.25, -0.2) is 0 Å². The van der Waals surface area contributed by atoms with Crippen molar-refractivity contribution in [1.82, 2.24) is 17.5 Å². The summed E-state index contributed by atoms with van der Waals surface area (Å²) in [6.07, 6.45) is 0. The molecule has 6 aromatic rings. The van der Waals surface area contributed by atoms with Crippen LogP contribution in [0.2, 0.25) is 0 Å². The van der Waals surface area contributed by atoms with Crippen LogP contribution in [-0.4, -0.2) is 17.5 Å². The van der Waals surface area contributed by atoms with Crippen molar-refractivity contribution in [1.29, 1.82) is 0 Å². The summed E-state index contributed by atoms with van der Waals surface area (Å²) in [5, 5.41) is 6.55. The molecular formula is C20H12N4S4. The Kier molecular flexibility index (Phi) is 3.64. The van der Waals surface area contributed by atoms with Gasteiger partial charge in [-0.3, -0.25) is 0 Å². The molecule has 0 aliphatic heterocycles. The van der Waals surface area contributed by atoms with Crippen molar-refractivity contribution in [2.24, 2.45) is 0 Å². The zero-order valence-corrected chi connectivity index (χ0v) is 18.2. The fourth-order valence-electron chi connectivity index (χ4n) is 3.58. The summed E-state index contributed by atoms with van der Waals surface area (Å²) in [5.74, 6) is 0. The lowest BCUT2D eigenvalue weighted by Crippen LogP contribution is -1.86. The van der Waals surface area contributed by atoms with Crippen LogP contribution in [0.4, 0.5) is 0 Å². The molecule has 0 bridgehead atoms. The number of hydrogen-bond donors (Lipinski definition) is 0. The summed E-state index contributed by atoms with van der Waals surface area (Å²) in [7, 11) is 0. The van der Waals surface area contributed by atoms with E-state index in [0.29, 0.717) is 0 Å². The van der Waals surface area contributed by atoms with Crippen LogP contribution in [0.15, 0.2) is 35.0 Å². The molecule has 2 aromatic carbocycles. The molecule has 0 aliphatic rings. The lowest BCUT2D eigenvalue weighted by atomic mass is 9.98. The van der Waals surface area contributed by atoms with Crippen LogP contribution in [0.25, 0.3) is 53.7 Å². The smallest absolute Gasteiger partial charge is 0.114 e. The average molecular weight is 437 g/mol. The highest BCUT2D eigenvalue weighted by molar-refractivity contribution is 7.14. The van der Waals surface area contributed by atoms with Gasteiger partial charge in [0.05, 0.1) is 23.5 Å². The van der Waals surface area contributed by atoms with E-state index in [1.54, 1.807) is 22.7 Å². The number of aromatic nitrogens is 4. The highest BCUT2D eigenvalue weighted by atomic mass is 32.1. The van der Waals surface area contributed by atoms with Gasteiger partial charge in [0.2, 0.25) is 0 Å². The number of rotatable bonds is 2. The van der Waals surface area contributed by atoms with E-state index < -0.39 is 0 Å². The first-order chi connectivity index (χ1) is 13.7. The minimum absolute atomic E-state index is 0.952. The first kappa shape index (κ1) is 16.7. The quantitative estimate of drug-likeness (QED) is 0.295. The van der Waals surface area contributed by atoms with Gasteiger partial charge in [-0.1, -0.05) is 0 Å². The normalized spacial score (nSPS) is 11.9. The maximum absolute atomic E-state index is 4.66. The second kappa shape index (κ2) is 6.12. The molecule has 6 rings (SSSR count). The minimum Gasteiger partial charge on any atom is -0.172 e. The van der Waals surface area contributed by atoms with E-state index in [1.807, 2.05) is 0 Å². The van der Waals surface area contributed by atoms with Gasteiger partial charge in [0.1, 0.15) is 22.1 Å². The SMILES string of the molecule is Cc1csc(-c2cc3c(cc(-c4cc(C)cs4)c4nsnc43)c3nsnc23)c1. The first-order valence-electron chi connectivity index (χ1n) is 8.64. The van der Waals surface area contributed by atoms with Crippen molar-refractivity contribution >= 4 is 79.0 Å². The summed E-state index contributed by atoms with van der Waals surface area (Å²) < 4.78 is 18.6. The van der Waals surface area contributed by atoms with Crippen LogP contribution >= 0.6 is 46.1 Å². The topological polar surface area (TPSA) is 51.6 Å². The zero-order valence-electron chi connectivity index (χ0n) is 14.9. The Morgan fingerprint density at radius 3 is 1.39 bits per heavy atom. The molecule has 4 nitrogen and oxygen atoms in total. The van der Waals surface area contributed by atoms with E-state index in [4.69, 9.17) is 0 Å². The van der Waals surface area contributed by atoms with Crippen LogP contribution in [0.1, 0.15) is 11.1 Å². The van der Waals surface area contributed by atoms with E-state index in [9.17, 15) is 0 Å². The highest BCUT2D eigenvalue weighted by Crippen LogP contribution is 2.42. The predicted molar refractivity (Wildman–Crippen MR) is 122 cm³/mol. The summed E-state index contributed by atoms with van der Waals surface area (Å²) in [6.45, 7) is 4.24. The maximum atomic E-state index is 4.66. The third-order valence-corrected chi connectivity index (χ3v) is 8.08. The van der Waals surface area contributed by atoms with Crippen molar-refractivity contribution in [3.63, 3.8) is 0 Å². The molecule has 8 heteroatoms. The molecule has 0 saturated carbocycles. The standard InChI is InChI=1S/C20H12N4S4/c1-9-3-15(25-7-9)13-5-11-12(17-19(13)23-27-21-17)6-14(16-4-10(2)8-26-16)20-18(11)22-28-24-20/h3-8H,1-2H3. The summed E-state index contributed by atoms with van der Waals surface area (Å²) >= 11 is 6.03. The molecule has 0 fully saturated rings. The summed E-state index contributed by atoms with van der Waals surface area (Å²) in [6, 6.07) is 8.86. The number of hydrogen-bond acceptors (Lipinski definition) is 8. The second-order valence-electron chi connectivity index (χ2n) is 6.84. The molecule has 0 N–H and O–H groups in total. The van der Waals surface area contributed by atoms with E-state index in [0.717, 1.165) is 44.0 Å². The van der Waals surface area contributed by atoms with Crippen LogP contribution < -0.4 is 0 Å². The molecule has 0 spiro atoms. The van der Waals surface area contributed by atoms with Crippen LogP contribution in [-0.2, 0) is 0 Å². The number of fused-ring (bicyclic) bond motifs is 5. The Hall–Kier alpha value is -2.26. The molecule has 0 atom stereocenters. The molecule has 0 radical (unpaired) electrons. The highest BCUT2D eigenvalue weighted by Gasteiger charge is 2.19. The molecule has 4 heterocycles. The van der Waals surface area contributed by atoms with Gasteiger partial charge in [0.15, 0.2) is 0 Å². The molecule has 28 heavy (non-hydrogen) atoms. The van der Waals surface area contributed by atoms with Crippen molar-refractivity contribution in [3.8, 4) is 20.9 Å². The fraction of sp³-hybridized carbons (Fsp3) is 0.100. The molecule has 0 aliphatic carbocycles. The van der Waals surface area contributed by atoms with Crippen molar-refractivity contribution in [2.45, 2.75) is 13.8 Å². The van der Waals surface area contributed by atoms with Crippen LogP contribution in [0.3, 0.4) is 0 Å². The predicted octanol–water partition coefficient (Wildman–Crippen LogP) is 6.92. The van der Waals surface area contributed by atoms with Gasteiger partial charge in [-0.15, -0.1) is 22.7 Å². The lowest BCUT2D eigenvalue weighted by molar-refractivity contribution is 1.55. The van der Waals surface area contributed by atoms with Crippen molar-refractivity contribution in [2.75, 3.05) is 0 Å². The Morgan fingerprint density at radius 1 is 0.571 bits per heavy atom. The number of benzene rings is 2. The molecule has 0 saturated heterocycles. The lowest BCUT2D eigenvalue weighted by Gasteiger charge is -2.07. The molecule has 0 unspecified atom stereocenters. The first-order valence-corrected chi connectivity index (χ1v) is 11.9. The van der Waals surface area contributed by atoms with Crippen molar-refractivity contribution < 1.29 is 0 Å². The number of aryl methyl sites for hydroxylation is 2.